The van der Waals surface area contributed by atoms with E-state index in [0.29, 0.717) is 15.9 Å². The zero-order chi connectivity index (χ0) is 13.7. The van der Waals surface area contributed by atoms with E-state index in [1.165, 1.54) is 13.3 Å². The van der Waals surface area contributed by atoms with Crippen LogP contribution in [0.3, 0.4) is 0 Å². The highest BCUT2D eigenvalue weighted by atomic mass is 79.9. The van der Waals surface area contributed by atoms with Gasteiger partial charge in [-0.25, -0.2) is 9.78 Å². The number of methoxy groups -OCH3 is 1. The Bertz CT molecular complexity index is 572. The van der Waals surface area contributed by atoms with Gasteiger partial charge < -0.3 is 9.47 Å². The molecule has 0 N–H and O–H groups in total. The summed E-state index contributed by atoms with van der Waals surface area (Å²) in [6.07, 6.45) is 1.44. The lowest BCUT2D eigenvalue weighted by Gasteiger charge is -2.07. The number of pyridine rings is 1. The van der Waals surface area contributed by atoms with Crippen LogP contribution in [0.5, 0.6) is 5.75 Å². The summed E-state index contributed by atoms with van der Waals surface area (Å²) in [4.78, 5) is 15.9. The minimum atomic E-state index is -0.429. The second-order valence-corrected chi connectivity index (χ2v) is 4.53. The summed E-state index contributed by atoms with van der Waals surface area (Å²) in [5.41, 5.74) is 1.30. The second-order valence-electron chi connectivity index (χ2n) is 3.78. The van der Waals surface area contributed by atoms with Crippen molar-refractivity contribution in [3.05, 3.63) is 58.3 Å². The van der Waals surface area contributed by atoms with Crippen molar-refractivity contribution in [1.29, 1.82) is 0 Å². The fraction of sp³-hybridized carbons (Fsp3) is 0.143. The van der Waals surface area contributed by atoms with Gasteiger partial charge in [-0.05, 0) is 27.6 Å². The molecular weight excluding hydrogens is 310 g/mol. The van der Waals surface area contributed by atoms with Crippen LogP contribution < -0.4 is 4.74 Å². The maximum atomic E-state index is 11.9. The van der Waals surface area contributed by atoms with E-state index in [4.69, 9.17) is 9.47 Å². The van der Waals surface area contributed by atoms with Gasteiger partial charge in [-0.2, -0.15) is 0 Å². The van der Waals surface area contributed by atoms with Crippen molar-refractivity contribution < 1.29 is 14.3 Å². The quantitative estimate of drug-likeness (QED) is 0.641. The maximum Gasteiger partial charge on any atom is 0.340 e. The maximum absolute atomic E-state index is 11.9. The van der Waals surface area contributed by atoms with Gasteiger partial charge in [0.25, 0.3) is 0 Å². The molecule has 4 nitrogen and oxygen atoms in total. The lowest BCUT2D eigenvalue weighted by Crippen LogP contribution is -2.06. The lowest BCUT2D eigenvalue weighted by molar-refractivity contribution is 0.0471. The van der Waals surface area contributed by atoms with E-state index in [0.717, 1.165) is 5.56 Å². The number of carbonyl (C=O) groups is 1. The number of esters is 1. The first kappa shape index (κ1) is 13.5. The van der Waals surface area contributed by atoms with Crippen molar-refractivity contribution in [1.82, 2.24) is 4.98 Å². The topological polar surface area (TPSA) is 48.4 Å². The molecule has 2 rings (SSSR count). The van der Waals surface area contributed by atoms with E-state index >= 15 is 0 Å². The molecule has 0 saturated heterocycles. The standard InChI is InChI=1S/C14H12BrNO3/c1-18-12-7-11(8-16-13(12)15)14(17)19-9-10-5-3-2-4-6-10/h2-8H,9H2,1H3. The van der Waals surface area contributed by atoms with Gasteiger partial charge in [0.15, 0.2) is 5.75 Å². The molecule has 0 atom stereocenters. The molecule has 5 heteroatoms. The van der Waals surface area contributed by atoms with Gasteiger partial charge in [0, 0.05) is 6.20 Å². The Balaban J connectivity index is 2.04. The Hall–Kier alpha value is -1.88. The van der Waals surface area contributed by atoms with Gasteiger partial charge in [0.2, 0.25) is 0 Å². The third kappa shape index (κ3) is 3.54. The molecule has 0 aliphatic heterocycles. The summed E-state index contributed by atoms with van der Waals surface area (Å²) < 4.78 is 10.8. The van der Waals surface area contributed by atoms with E-state index in [1.54, 1.807) is 6.07 Å². The number of ether oxygens (including phenoxy) is 2. The molecule has 19 heavy (non-hydrogen) atoms. The molecule has 98 valence electrons. The van der Waals surface area contributed by atoms with Crippen LogP contribution in [0.4, 0.5) is 0 Å². The van der Waals surface area contributed by atoms with Crippen molar-refractivity contribution in [3.8, 4) is 5.75 Å². The number of nitrogens with zero attached hydrogens (tertiary/aromatic N) is 1. The van der Waals surface area contributed by atoms with Gasteiger partial charge in [0.05, 0.1) is 12.7 Å². The number of halogens is 1. The first-order chi connectivity index (χ1) is 9.20. The molecule has 0 unspecified atom stereocenters. The molecule has 0 fully saturated rings. The lowest BCUT2D eigenvalue weighted by atomic mass is 10.2. The first-order valence-electron chi connectivity index (χ1n) is 5.61. The predicted octanol–water partition coefficient (Wildman–Crippen LogP) is 3.21. The summed E-state index contributed by atoms with van der Waals surface area (Å²) >= 11 is 3.23. The molecule has 0 aliphatic rings. The molecule has 0 aliphatic carbocycles. The van der Waals surface area contributed by atoms with Crippen LogP contribution in [0.15, 0.2) is 47.2 Å². The van der Waals surface area contributed by atoms with Crippen LogP contribution in [0.25, 0.3) is 0 Å². The summed E-state index contributed by atoms with van der Waals surface area (Å²) in [5.74, 6) is 0.0660. The third-order valence-corrected chi connectivity index (χ3v) is 3.07. The largest absolute Gasteiger partial charge is 0.494 e. The minimum Gasteiger partial charge on any atom is -0.494 e. The number of hydrogen-bond acceptors (Lipinski definition) is 4. The van der Waals surface area contributed by atoms with Crippen LogP contribution in [-0.2, 0) is 11.3 Å². The van der Waals surface area contributed by atoms with E-state index in [9.17, 15) is 4.79 Å². The Kier molecular flexibility index (Phi) is 4.52. The molecule has 0 spiro atoms. The fourth-order valence-corrected chi connectivity index (χ4v) is 1.87. The van der Waals surface area contributed by atoms with Gasteiger partial charge in [-0.15, -0.1) is 0 Å². The average molecular weight is 322 g/mol. The van der Waals surface area contributed by atoms with Crippen LogP contribution in [-0.4, -0.2) is 18.1 Å². The highest BCUT2D eigenvalue weighted by Crippen LogP contribution is 2.23. The molecule has 0 radical (unpaired) electrons. The van der Waals surface area contributed by atoms with E-state index in [-0.39, 0.29) is 6.61 Å². The number of benzene rings is 1. The summed E-state index contributed by atoms with van der Waals surface area (Å²) in [5, 5.41) is 0. The van der Waals surface area contributed by atoms with Crippen LogP contribution in [0, 0.1) is 0 Å². The third-order valence-electron chi connectivity index (χ3n) is 2.48. The highest BCUT2D eigenvalue weighted by molar-refractivity contribution is 9.10. The van der Waals surface area contributed by atoms with Gasteiger partial charge >= 0.3 is 5.97 Å². The first-order valence-corrected chi connectivity index (χ1v) is 6.40. The Morgan fingerprint density at radius 2 is 2.05 bits per heavy atom. The zero-order valence-corrected chi connectivity index (χ0v) is 11.9. The number of aromatic nitrogens is 1. The fourth-order valence-electron chi connectivity index (χ4n) is 1.49. The Labute approximate surface area is 119 Å². The van der Waals surface area contributed by atoms with Crippen LogP contribution in [0.1, 0.15) is 15.9 Å². The van der Waals surface area contributed by atoms with Gasteiger partial charge in [-0.1, -0.05) is 30.3 Å². The molecule has 2 aromatic rings. The van der Waals surface area contributed by atoms with Crippen LogP contribution >= 0.6 is 15.9 Å². The van der Waals surface area contributed by atoms with Crippen molar-refractivity contribution in [2.24, 2.45) is 0 Å². The Morgan fingerprint density at radius 1 is 1.32 bits per heavy atom. The van der Waals surface area contributed by atoms with E-state index in [2.05, 4.69) is 20.9 Å². The molecule has 1 aromatic heterocycles. The van der Waals surface area contributed by atoms with E-state index < -0.39 is 5.97 Å². The second kappa shape index (κ2) is 6.33. The minimum absolute atomic E-state index is 0.234. The zero-order valence-electron chi connectivity index (χ0n) is 10.3. The summed E-state index contributed by atoms with van der Waals surface area (Å²) in [6.45, 7) is 0.234. The molecule has 0 saturated carbocycles. The van der Waals surface area contributed by atoms with Crippen molar-refractivity contribution in [2.45, 2.75) is 6.61 Å². The van der Waals surface area contributed by atoms with Crippen LogP contribution in [0.2, 0.25) is 0 Å². The number of hydrogen-bond donors (Lipinski definition) is 0. The Morgan fingerprint density at radius 3 is 2.74 bits per heavy atom. The monoisotopic (exact) mass is 321 g/mol. The highest BCUT2D eigenvalue weighted by Gasteiger charge is 2.11. The predicted molar refractivity (Wildman–Crippen MR) is 74.1 cm³/mol. The van der Waals surface area contributed by atoms with E-state index in [1.807, 2.05) is 30.3 Å². The number of carbonyl (C=O) groups excluding carboxylic acids is 1. The van der Waals surface area contributed by atoms with Crippen molar-refractivity contribution in [2.75, 3.05) is 7.11 Å². The number of rotatable bonds is 4. The average Bonchev–Trinajstić information content (AvgIpc) is 2.46. The van der Waals surface area contributed by atoms with Gasteiger partial charge in [0.1, 0.15) is 11.2 Å². The molecule has 1 heterocycles. The molecule has 0 amide bonds. The SMILES string of the molecule is COc1cc(C(=O)OCc2ccccc2)cnc1Br. The molecular formula is C14H12BrNO3. The van der Waals surface area contributed by atoms with Gasteiger partial charge in [-0.3, -0.25) is 0 Å². The smallest absolute Gasteiger partial charge is 0.340 e. The molecule has 1 aromatic carbocycles. The van der Waals surface area contributed by atoms with Crippen molar-refractivity contribution in [3.63, 3.8) is 0 Å². The summed E-state index contributed by atoms with van der Waals surface area (Å²) in [7, 11) is 1.51. The normalized spacial score (nSPS) is 10.0. The van der Waals surface area contributed by atoms with Crippen molar-refractivity contribution >= 4 is 21.9 Å². The molecule has 0 bridgehead atoms. The summed E-state index contributed by atoms with van der Waals surface area (Å²) in [6, 6.07) is 11.1.